The number of anilines is 1. The maximum atomic E-state index is 11.7. The maximum Gasteiger partial charge on any atom is 0.231 e. The molecule has 0 bridgehead atoms. The van der Waals surface area contributed by atoms with Gasteiger partial charge in [-0.3, -0.25) is 9.59 Å². The zero-order valence-corrected chi connectivity index (χ0v) is 12.1. The Morgan fingerprint density at radius 3 is 2.37 bits per heavy atom. The van der Waals surface area contributed by atoms with Crippen molar-refractivity contribution in [2.45, 2.75) is 52.9 Å². The number of benzene rings is 1. The Labute approximate surface area is 115 Å². The first-order valence-corrected chi connectivity index (χ1v) is 6.98. The van der Waals surface area contributed by atoms with Crippen molar-refractivity contribution in [3.63, 3.8) is 0 Å². The van der Waals surface area contributed by atoms with Crippen LogP contribution in [0.3, 0.4) is 0 Å². The van der Waals surface area contributed by atoms with Crippen molar-refractivity contribution in [2.75, 3.05) is 5.32 Å². The summed E-state index contributed by atoms with van der Waals surface area (Å²) in [4.78, 5) is 22.7. The van der Waals surface area contributed by atoms with Gasteiger partial charge in [0.2, 0.25) is 5.91 Å². The second kappa shape index (κ2) is 7.72. The van der Waals surface area contributed by atoms with Gasteiger partial charge >= 0.3 is 0 Å². The number of Topliss-reactive ketones (excluding diaryl/α,β-unsaturated/α-hetero) is 1. The molecule has 1 rings (SSSR count). The Morgan fingerprint density at radius 1 is 1.11 bits per heavy atom. The van der Waals surface area contributed by atoms with Crippen LogP contribution >= 0.6 is 0 Å². The largest absolute Gasteiger partial charge is 0.325 e. The number of hydrogen-bond acceptors (Lipinski definition) is 2. The summed E-state index contributed by atoms with van der Waals surface area (Å²) >= 11 is 0. The lowest BCUT2D eigenvalue weighted by molar-refractivity contribution is -0.124. The minimum absolute atomic E-state index is 0.0520. The van der Waals surface area contributed by atoms with Crippen molar-refractivity contribution in [3.05, 3.63) is 29.3 Å². The second-order valence-electron chi connectivity index (χ2n) is 4.87. The molecule has 0 unspecified atom stereocenters. The molecule has 0 heterocycles. The number of rotatable bonds is 7. The number of carbonyl (C=O) groups excluding carboxylic acids is 2. The standard InChI is InChI=1S/C16H23NO2/c1-4-7-13-9-6-10-15(14(13)8-5-2)17-16(19)11-12(3)18/h6,9-10H,4-5,7-8,11H2,1-3H3,(H,17,19). The molecule has 0 fully saturated rings. The van der Waals surface area contributed by atoms with Crippen LogP contribution in [-0.2, 0) is 22.4 Å². The molecule has 0 saturated heterocycles. The van der Waals surface area contributed by atoms with Crippen LogP contribution in [0.15, 0.2) is 18.2 Å². The van der Waals surface area contributed by atoms with Crippen LogP contribution in [0.2, 0.25) is 0 Å². The predicted octanol–water partition coefficient (Wildman–Crippen LogP) is 3.51. The van der Waals surface area contributed by atoms with Crippen molar-refractivity contribution in [2.24, 2.45) is 0 Å². The highest BCUT2D eigenvalue weighted by Gasteiger charge is 2.11. The summed E-state index contributed by atoms with van der Waals surface area (Å²) in [5, 5.41) is 2.87. The van der Waals surface area contributed by atoms with Gasteiger partial charge in [-0.25, -0.2) is 0 Å². The molecular weight excluding hydrogens is 238 g/mol. The third-order valence-corrected chi connectivity index (χ3v) is 2.98. The molecule has 0 aliphatic rings. The summed E-state index contributed by atoms with van der Waals surface area (Å²) in [6.45, 7) is 5.71. The Hall–Kier alpha value is -1.64. The van der Waals surface area contributed by atoms with Gasteiger partial charge < -0.3 is 5.32 Å². The molecule has 0 aliphatic heterocycles. The fourth-order valence-corrected chi connectivity index (χ4v) is 2.22. The summed E-state index contributed by atoms with van der Waals surface area (Å²) in [5.41, 5.74) is 3.37. The van der Waals surface area contributed by atoms with Gasteiger partial charge in [0.05, 0.1) is 6.42 Å². The molecule has 0 radical (unpaired) electrons. The van der Waals surface area contributed by atoms with Gasteiger partial charge in [0, 0.05) is 5.69 Å². The lowest BCUT2D eigenvalue weighted by Crippen LogP contribution is -2.16. The quantitative estimate of drug-likeness (QED) is 0.763. The highest BCUT2D eigenvalue weighted by molar-refractivity contribution is 6.03. The van der Waals surface area contributed by atoms with Crippen molar-refractivity contribution >= 4 is 17.4 Å². The first-order valence-electron chi connectivity index (χ1n) is 6.98. The zero-order valence-electron chi connectivity index (χ0n) is 12.1. The van der Waals surface area contributed by atoms with Gasteiger partial charge in [0.1, 0.15) is 5.78 Å². The van der Waals surface area contributed by atoms with E-state index in [1.807, 2.05) is 12.1 Å². The molecule has 3 nitrogen and oxygen atoms in total. The van der Waals surface area contributed by atoms with Crippen LogP contribution < -0.4 is 5.32 Å². The van der Waals surface area contributed by atoms with Crippen LogP contribution in [0.5, 0.6) is 0 Å². The first kappa shape index (κ1) is 15.4. The number of carbonyl (C=O) groups is 2. The van der Waals surface area contributed by atoms with Crippen LogP contribution in [0.25, 0.3) is 0 Å². The van der Waals surface area contributed by atoms with Crippen LogP contribution in [0.4, 0.5) is 5.69 Å². The fourth-order valence-electron chi connectivity index (χ4n) is 2.22. The second-order valence-corrected chi connectivity index (χ2v) is 4.87. The number of nitrogens with one attached hydrogen (secondary N) is 1. The van der Waals surface area contributed by atoms with E-state index in [4.69, 9.17) is 0 Å². The summed E-state index contributed by atoms with van der Waals surface area (Å²) in [6, 6.07) is 6.00. The monoisotopic (exact) mass is 261 g/mol. The lowest BCUT2D eigenvalue weighted by Gasteiger charge is -2.14. The number of ketones is 1. The summed E-state index contributed by atoms with van der Waals surface area (Å²) < 4.78 is 0. The van der Waals surface area contributed by atoms with E-state index in [9.17, 15) is 9.59 Å². The van der Waals surface area contributed by atoms with E-state index in [0.29, 0.717) is 0 Å². The molecule has 3 heteroatoms. The molecule has 0 saturated carbocycles. The van der Waals surface area contributed by atoms with Crippen molar-refractivity contribution < 1.29 is 9.59 Å². The number of aryl methyl sites for hydroxylation is 1. The zero-order chi connectivity index (χ0) is 14.3. The summed E-state index contributed by atoms with van der Waals surface area (Å²) in [6.07, 6.45) is 4.04. The molecule has 0 aliphatic carbocycles. The van der Waals surface area contributed by atoms with E-state index in [0.717, 1.165) is 31.4 Å². The highest BCUT2D eigenvalue weighted by atomic mass is 16.2. The molecule has 19 heavy (non-hydrogen) atoms. The summed E-state index contributed by atoms with van der Waals surface area (Å²) in [5.74, 6) is -0.335. The molecule has 1 amide bonds. The Balaban J connectivity index is 2.95. The van der Waals surface area contributed by atoms with E-state index in [2.05, 4.69) is 25.2 Å². The van der Waals surface area contributed by atoms with Gasteiger partial charge in [-0.05, 0) is 37.0 Å². The summed E-state index contributed by atoms with van der Waals surface area (Å²) in [7, 11) is 0. The van der Waals surface area contributed by atoms with Crippen molar-refractivity contribution in [1.29, 1.82) is 0 Å². The maximum absolute atomic E-state index is 11.7. The Kier molecular flexibility index (Phi) is 6.26. The normalized spacial score (nSPS) is 10.3. The van der Waals surface area contributed by atoms with Gasteiger partial charge in [-0.15, -0.1) is 0 Å². The Morgan fingerprint density at radius 2 is 1.79 bits per heavy atom. The number of hydrogen-bond donors (Lipinski definition) is 1. The van der Waals surface area contributed by atoms with E-state index < -0.39 is 0 Å². The third-order valence-electron chi connectivity index (χ3n) is 2.98. The van der Waals surface area contributed by atoms with E-state index in [-0.39, 0.29) is 18.1 Å². The van der Waals surface area contributed by atoms with Crippen molar-refractivity contribution in [1.82, 2.24) is 0 Å². The first-order chi connectivity index (χ1) is 9.08. The van der Waals surface area contributed by atoms with Crippen LogP contribution in [-0.4, -0.2) is 11.7 Å². The Bertz CT molecular complexity index is 452. The lowest BCUT2D eigenvalue weighted by atomic mass is 9.97. The molecule has 0 atom stereocenters. The highest BCUT2D eigenvalue weighted by Crippen LogP contribution is 2.23. The molecule has 1 aromatic carbocycles. The van der Waals surface area contributed by atoms with E-state index >= 15 is 0 Å². The van der Waals surface area contributed by atoms with E-state index in [1.54, 1.807) is 0 Å². The van der Waals surface area contributed by atoms with Crippen LogP contribution in [0.1, 0.15) is 51.2 Å². The van der Waals surface area contributed by atoms with Crippen LogP contribution in [0, 0.1) is 0 Å². The van der Waals surface area contributed by atoms with Gasteiger partial charge in [-0.2, -0.15) is 0 Å². The van der Waals surface area contributed by atoms with Gasteiger partial charge in [0.15, 0.2) is 0 Å². The molecule has 0 aromatic heterocycles. The number of amides is 1. The van der Waals surface area contributed by atoms with Gasteiger partial charge in [0.25, 0.3) is 0 Å². The smallest absolute Gasteiger partial charge is 0.231 e. The average Bonchev–Trinajstić information content (AvgIpc) is 2.32. The SMILES string of the molecule is CCCc1cccc(NC(=O)CC(C)=O)c1CCC. The van der Waals surface area contributed by atoms with E-state index in [1.165, 1.54) is 18.1 Å². The minimum atomic E-state index is -0.224. The van der Waals surface area contributed by atoms with Gasteiger partial charge in [-0.1, -0.05) is 38.8 Å². The minimum Gasteiger partial charge on any atom is -0.325 e. The predicted molar refractivity (Wildman–Crippen MR) is 78.4 cm³/mol. The molecule has 0 spiro atoms. The third kappa shape index (κ3) is 4.86. The fraction of sp³-hybridized carbons (Fsp3) is 0.500. The topological polar surface area (TPSA) is 46.2 Å². The average molecular weight is 261 g/mol. The molecule has 1 aromatic rings. The van der Waals surface area contributed by atoms with Crippen molar-refractivity contribution in [3.8, 4) is 0 Å². The molecular formula is C16H23NO2. The molecule has 1 N–H and O–H groups in total. The molecule has 104 valence electrons.